The number of hydrogen-bond donors (Lipinski definition) is 1. The van der Waals surface area contributed by atoms with E-state index in [0.29, 0.717) is 5.92 Å². The second-order valence-corrected chi connectivity index (χ2v) is 7.69. The fourth-order valence-electron chi connectivity index (χ4n) is 4.93. The van der Waals surface area contributed by atoms with Crippen molar-refractivity contribution in [2.24, 2.45) is 5.92 Å². The normalized spacial score (nSPS) is 31.0. The standard InChI is InChI=1S/C17H26N2O2/c20-14-17(10-3-4-11-17)19(12-13-6-5-7-13)15(21)16(18-14)8-1-2-9-16/h13H,1-12H2,(H,18,20). The highest BCUT2D eigenvalue weighted by molar-refractivity contribution is 6.02. The molecule has 4 aliphatic rings. The van der Waals surface area contributed by atoms with Gasteiger partial charge in [-0.25, -0.2) is 0 Å². The lowest BCUT2D eigenvalue weighted by Gasteiger charge is -2.52. The minimum atomic E-state index is -0.547. The molecular formula is C17H26N2O2. The molecule has 1 heterocycles. The number of nitrogens with zero attached hydrogens (tertiary/aromatic N) is 1. The van der Waals surface area contributed by atoms with Crippen molar-refractivity contribution in [1.82, 2.24) is 10.2 Å². The Kier molecular flexibility index (Phi) is 3.05. The van der Waals surface area contributed by atoms with Gasteiger partial charge in [-0.1, -0.05) is 32.1 Å². The van der Waals surface area contributed by atoms with E-state index in [1.165, 1.54) is 19.3 Å². The zero-order chi connectivity index (χ0) is 14.5. The van der Waals surface area contributed by atoms with E-state index in [2.05, 4.69) is 5.32 Å². The molecule has 3 saturated carbocycles. The molecule has 4 fully saturated rings. The minimum absolute atomic E-state index is 0.154. The molecule has 0 aromatic heterocycles. The lowest BCUT2D eigenvalue weighted by Crippen LogP contribution is -2.75. The highest BCUT2D eigenvalue weighted by Gasteiger charge is 2.59. The van der Waals surface area contributed by atoms with Crippen LogP contribution in [0.3, 0.4) is 0 Å². The minimum Gasteiger partial charge on any atom is -0.340 e. The van der Waals surface area contributed by atoms with Crippen molar-refractivity contribution < 1.29 is 9.59 Å². The molecule has 0 bridgehead atoms. The van der Waals surface area contributed by atoms with Gasteiger partial charge >= 0.3 is 0 Å². The fraction of sp³-hybridized carbons (Fsp3) is 0.882. The average Bonchev–Trinajstić information content (AvgIpc) is 3.06. The lowest BCUT2D eigenvalue weighted by molar-refractivity contribution is -0.164. The van der Waals surface area contributed by atoms with Crippen LogP contribution >= 0.6 is 0 Å². The summed E-state index contributed by atoms with van der Waals surface area (Å²) in [4.78, 5) is 28.2. The Balaban J connectivity index is 1.67. The van der Waals surface area contributed by atoms with Crippen LogP contribution in [0.5, 0.6) is 0 Å². The van der Waals surface area contributed by atoms with Crippen LogP contribution < -0.4 is 5.32 Å². The Morgan fingerprint density at radius 2 is 1.57 bits per heavy atom. The van der Waals surface area contributed by atoms with Crippen LogP contribution in [0.4, 0.5) is 0 Å². The fourth-order valence-corrected chi connectivity index (χ4v) is 4.93. The van der Waals surface area contributed by atoms with Crippen molar-refractivity contribution in [2.75, 3.05) is 6.54 Å². The first-order valence-electron chi connectivity index (χ1n) is 8.81. The zero-order valence-corrected chi connectivity index (χ0v) is 12.8. The van der Waals surface area contributed by atoms with E-state index in [-0.39, 0.29) is 11.8 Å². The van der Waals surface area contributed by atoms with Crippen LogP contribution in [0, 0.1) is 5.92 Å². The largest absolute Gasteiger partial charge is 0.340 e. The van der Waals surface area contributed by atoms with Crippen molar-refractivity contribution >= 4 is 11.8 Å². The Labute approximate surface area is 126 Å². The predicted molar refractivity (Wildman–Crippen MR) is 79.6 cm³/mol. The number of rotatable bonds is 2. The van der Waals surface area contributed by atoms with Crippen molar-refractivity contribution in [3.05, 3.63) is 0 Å². The number of nitrogens with one attached hydrogen (secondary N) is 1. The van der Waals surface area contributed by atoms with E-state index in [1.54, 1.807) is 0 Å². The summed E-state index contributed by atoms with van der Waals surface area (Å²) in [5.41, 5.74) is -1.05. The van der Waals surface area contributed by atoms with Gasteiger partial charge < -0.3 is 10.2 Å². The third-order valence-corrected chi connectivity index (χ3v) is 6.50. The van der Waals surface area contributed by atoms with E-state index in [9.17, 15) is 9.59 Å². The van der Waals surface area contributed by atoms with Gasteiger partial charge in [-0.2, -0.15) is 0 Å². The quantitative estimate of drug-likeness (QED) is 0.849. The van der Waals surface area contributed by atoms with Gasteiger partial charge in [-0.15, -0.1) is 0 Å². The van der Waals surface area contributed by atoms with E-state index in [4.69, 9.17) is 0 Å². The zero-order valence-electron chi connectivity index (χ0n) is 12.8. The SMILES string of the molecule is O=C1N(CC2CCC2)C2(CCCC2)C(=O)NC12CCCC2. The first kappa shape index (κ1) is 13.6. The highest BCUT2D eigenvalue weighted by Crippen LogP contribution is 2.45. The lowest BCUT2D eigenvalue weighted by atomic mass is 9.79. The average molecular weight is 290 g/mol. The summed E-state index contributed by atoms with van der Waals surface area (Å²) in [6.07, 6.45) is 11.5. The Morgan fingerprint density at radius 3 is 2.14 bits per heavy atom. The molecule has 0 unspecified atom stereocenters. The third kappa shape index (κ3) is 1.87. The van der Waals surface area contributed by atoms with E-state index in [1.807, 2.05) is 4.90 Å². The molecule has 4 nitrogen and oxygen atoms in total. The van der Waals surface area contributed by atoms with Gasteiger partial charge in [0, 0.05) is 6.54 Å². The van der Waals surface area contributed by atoms with E-state index in [0.717, 1.165) is 57.9 Å². The second-order valence-electron chi connectivity index (χ2n) is 7.69. The Bertz CT molecular complexity index is 457. The smallest absolute Gasteiger partial charge is 0.249 e. The predicted octanol–water partition coefficient (Wildman–Crippen LogP) is 2.37. The van der Waals surface area contributed by atoms with E-state index >= 15 is 0 Å². The van der Waals surface area contributed by atoms with Gasteiger partial charge in [0.25, 0.3) is 0 Å². The molecule has 1 N–H and O–H groups in total. The van der Waals surface area contributed by atoms with Crippen LogP contribution in [0.1, 0.15) is 70.6 Å². The molecule has 0 aromatic rings. The number of hydrogen-bond acceptors (Lipinski definition) is 2. The summed E-state index contributed by atoms with van der Waals surface area (Å²) in [5.74, 6) is 1.03. The molecule has 3 aliphatic carbocycles. The van der Waals surface area contributed by atoms with Crippen molar-refractivity contribution in [3.8, 4) is 0 Å². The van der Waals surface area contributed by atoms with Crippen LogP contribution in [0.2, 0.25) is 0 Å². The molecule has 0 atom stereocenters. The maximum Gasteiger partial charge on any atom is 0.249 e. The third-order valence-electron chi connectivity index (χ3n) is 6.50. The van der Waals surface area contributed by atoms with Crippen LogP contribution in [-0.4, -0.2) is 34.3 Å². The molecule has 0 aromatic carbocycles. The maximum absolute atomic E-state index is 13.2. The van der Waals surface area contributed by atoms with Gasteiger partial charge in [0.05, 0.1) is 0 Å². The second kappa shape index (κ2) is 4.72. The molecule has 4 rings (SSSR count). The summed E-state index contributed by atoms with van der Waals surface area (Å²) < 4.78 is 0. The highest BCUT2D eigenvalue weighted by atomic mass is 16.2. The summed E-state index contributed by atoms with van der Waals surface area (Å²) in [6, 6.07) is 0. The first-order valence-corrected chi connectivity index (χ1v) is 8.81. The summed E-state index contributed by atoms with van der Waals surface area (Å²) in [5, 5.41) is 3.18. The molecule has 21 heavy (non-hydrogen) atoms. The molecule has 4 heteroatoms. The Hall–Kier alpha value is -1.06. The van der Waals surface area contributed by atoms with Crippen LogP contribution in [0.25, 0.3) is 0 Å². The molecule has 2 spiro atoms. The molecule has 1 aliphatic heterocycles. The number of carbonyl (C=O) groups is 2. The first-order chi connectivity index (χ1) is 10.2. The van der Waals surface area contributed by atoms with E-state index < -0.39 is 11.1 Å². The molecule has 0 radical (unpaired) electrons. The Morgan fingerprint density at radius 1 is 0.952 bits per heavy atom. The van der Waals surface area contributed by atoms with Gasteiger partial charge in [-0.05, 0) is 44.4 Å². The van der Waals surface area contributed by atoms with Gasteiger partial charge in [-0.3, -0.25) is 9.59 Å². The van der Waals surface area contributed by atoms with Crippen molar-refractivity contribution in [1.29, 1.82) is 0 Å². The summed E-state index contributed by atoms with van der Waals surface area (Å²) in [6.45, 7) is 0.827. The summed E-state index contributed by atoms with van der Waals surface area (Å²) in [7, 11) is 0. The topological polar surface area (TPSA) is 49.4 Å². The summed E-state index contributed by atoms with van der Waals surface area (Å²) >= 11 is 0. The van der Waals surface area contributed by atoms with Crippen molar-refractivity contribution in [2.45, 2.75) is 81.7 Å². The van der Waals surface area contributed by atoms with Gasteiger partial charge in [0.2, 0.25) is 11.8 Å². The molecule has 2 amide bonds. The maximum atomic E-state index is 13.2. The monoisotopic (exact) mass is 290 g/mol. The number of piperazine rings is 1. The van der Waals surface area contributed by atoms with Crippen LogP contribution in [-0.2, 0) is 9.59 Å². The number of amides is 2. The van der Waals surface area contributed by atoms with Gasteiger partial charge in [0.1, 0.15) is 11.1 Å². The molecular weight excluding hydrogens is 264 g/mol. The van der Waals surface area contributed by atoms with Crippen molar-refractivity contribution in [3.63, 3.8) is 0 Å². The number of carbonyl (C=O) groups excluding carboxylic acids is 2. The van der Waals surface area contributed by atoms with Crippen LogP contribution in [0.15, 0.2) is 0 Å². The molecule has 1 saturated heterocycles. The van der Waals surface area contributed by atoms with Gasteiger partial charge in [0.15, 0.2) is 0 Å². The molecule has 116 valence electrons.